The monoisotopic (exact) mass is 397 g/mol. The highest BCUT2D eigenvalue weighted by atomic mass is 19.1. The third-order valence-electron chi connectivity index (χ3n) is 4.60. The highest BCUT2D eigenvalue weighted by molar-refractivity contribution is 6.00. The van der Waals surface area contributed by atoms with Crippen molar-refractivity contribution in [3.63, 3.8) is 0 Å². The second-order valence-electron chi connectivity index (χ2n) is 6.65. The average Bonchev–Trinajstić information content (AvgIpc) is 3.07. The molecule has 2 N–H and O–H groups in total. The molecule has 0 spiro atoms. The number of amides is 2. The van der Waals surface area contributed by atoms with Crippen LogP contribution < -0.4 is 10.6 Å². The molecule has 2 amide bonds. The lowest BCUT2D eigenvalue weighted by molar-refractivity contribution is -0.115. The quantitative estimate of drug-likeness (QED) is 0.573. The minimum Gasteiger partial charge on any atom is -0.383 e. The van der Waals surface area contributed by atoms with Gasteiger partial charge in [-0.3, -0.25) is 9.59 Å². The summed E-state index contributed by atoms with van der Waals surface area (Å²) in [5, 5.41) is 6.55. The zero-order valence-electron chi connectivity index (χ0n) is 16.5. The predicted molar refractivity (Wildman–Crippen MR) is 111 cm³/mol. The number of carbonyl (C=O) groups excluding carboxylic acids is 2. The third kappa shape index (κ3) is 5.00. The number of benzene rings is 2. The summed E-state index contributed by atoms with van der Waals surface area (Å²) in [6.07, 6.45) is 0.154. The second-order valence-corrected chi connectivity index (χ2v) is 6.65. The number of anilines is 1. The standard InChI is InChI=1S/C22H24FN3O3/c1-3-26-19-9-8-18(25-21(27)12-15-4-6-17(23)7-5-15)13-16(19)14-20(26)22(28)24-10-11-29-2/h4-9,13-14H,3,10-12H2,1-2H3,(H,24,28)(H,25,27). The van der Waals surface area contributed by atoms with Crippen LogP contribution in [0.4, 0.5) is 10.1 Å². The van der Waals surface area contributed by atoms with Crippen LogP contribution >= 0.6 is 0 Å². The predicted octanol–water partition coefficient (Wildman–Crippen LogP) is 3.36. The fourth-order valence-electron chi connectivity index (χ4n) is 3.23. The van der Waals surface area contributed by atoms with Gasteiger partial charge in [0.1, 0.15) is 11.5 Å². The van der Waals surface area contributed by atoms with E-state index in [1.807, 2.05) is 35.8 Å². The first-order valence-electron chi connectivity index (χ1n) is 9.46. The molecule has 0 unspecified atom stereocenters. The van der Waals surface area contributed by atoms with Gasteiger partial charge >= 0.3 is 0 Å². The summed E-state index contributed by atoms with van der Waals surface area (Å²) in [4.78, 5) is 24.8. The van der Waals surface area contributed by atoms with Gasteiger partial charge in [-0.05, 0) is 48.9 Å². The molecule has 0 fully saturated rings. The molecular weight excluding hydrogens is 373 g/mol. The molecule has 0 bridgehead atoms. The Hall–Kier alpha value is -3.19. The molecular formula is C22H24FN3O3. The van der Waals surface area contributed by atoms with E-state index in [9.17, 15) is 14.0 Å². The lowest BCUT2D eigenvalue weighted by Gasteiger charge is -2.09. The van der Waals surface area contributed by atoms with Crippen LogP contribution in [0, 0.1) is 5.82 Å². The number of carbonyl (C=O) groups is 2. The fourth-order valence-corrected chi connectivity index (χ4v) is 3.23. The van der Waals surface area contributed by atoms with Gasteiger partial charge in [0.15, 0.2) is 0 Å². The lowest BCUT2D eigenvalue weighted by Crippen LogP contribution is -2.28. The van der Waals surface area contributed by atoms with Crippen LogP contribution in [-0.4, -0.2) is 36.6 Å². The maximum atomic E-state index is 13.0. The highest BCUT2D eigenvalue weighted by Gasteiger charge is 2.15. The van der Waals surface area contributed by atoms with Crippen molar-refractivity contribution >= 4 is 28.4 Å². The van der Waals surface area contributed by atoms with Crippen LogP contribution in [0.15, 0.2) is 48.5 Å². The Kier molecular flexibility index (Phi) is 6.61. The van der Waals surface area contributed by atoms with E-state index in [1.165, 1.54) is 12.1 Å². The van der Waals surface area contributed by atoms with E-state index in [0.29, 0.717) is 31.1 Å². The van der Waals surface area contributed by atoms with Crippen molar-refractivity contribution in [3.05, 3.63) is 65.6 Å². The van der Waals surface area contributed by atoms with Gasteiger partial charge in [0.25, 0.3) is 5.91 Å². The van der Waals surface area contributed by atoms with Crippen molar-refractivity contribution in [3.8, 4) is 0 Å². The third-order valence-corrected chi connectivity index (χ3v) is 4.60. The molecule has 3 rings (SSSR count). The van der Waals surface area contributed by atoms with Crippen molar-refractivity contribution in [2.75, 3.05) is 25.6 Å². The Balaban J connectivity index is 1.76. The second kappa shape index (κ2) is 9.34. The minimum atomic E-state index is -0.331. The van der Waals surface area contributed by atoms with E-state index < -0.39 is 0 Å². The molecule has 0 saturated carbocycles. The number of nitrogens with zero attached hydrogens (tertiary/aromatic N) is 1. The molecule has 1 heterocycles. The van der Waals surface area contributed by atoms with Crippen molar-refractivity contribution < 1.29 is 18.7 Å². The maximum absolute atomic E-state index is 13.0. The summed E-state index contributed by atoms with van der Waals surface area (Å²) in [6, 6.07) is 13.2. The molecule has 0 atom stereocenters. The maximum Gasteiger partial charge on any atom is 0.268 e. The number of halogens is 1. The molecule has 0 aliphatic heterocycles. The lowest BCUT2D eigenvalue weighted by atomic mass is 10.1. The number of aryl methyl sites for hydroxylation is 1. The minimum absolute atomic E-state index is 0.154. The Bertz CT molecular complexity index is 1010. The topological polar surface area (TPSA) is 72.4 Å². The Morgan fingerprint density at radius 3 is 2.55 bits per heavy atom. The van der Waals surface area contributed by atoms with Gasteiger partial charge in [0.2, 0.25) is 5.91 Å². The summed E-state index contributed by atoms with van der Waals surface area (Å²) in [5.74, 6) is -0.687. The van der Waals surface area contributed by atoms with Gasteiger partial charge in [-0.15, -0.1) is 0 Å². The normalized spacial score (nSPS) is 10.9. The van der Waals surface area contributed by atoms with E-state index in [1.54, 1.807) is 19.2 Å². The molecule has 0 aliphatic carbocycles. The van der Waals surface area contributed by atoms with Crippen molar-refractivity contribution in [2.45, 2.75) is 19.9 Å². The molecule has 1 aromatic heterocycles. The SMILES string of the molecule is CCn1c(C(=O)NCCOC)cc2cc(NC(=O)Cc3ccc(F)cc3)ccc21. The number of rotatable bonds is 8. The summed E-state index contributed by atoms with van der Waals surface area (Å²) >= 11 is 0. The fraction of sp³-hybridized carbons (Fsp3) is 0.273. The van der Waals surface area contributed by atoms with Gasteiger partial charge in [-0.2, -0.15) is 0 Å². The van der Waals surface area contributed by atoms with E-state index >= 15 is 0 Å². The van der Waals surface area contributed by atoms with Gasteiger partial charge in [-0.1, -0.05) is 12.1 Å². The van der Waals surface area contributed by atoms with Crippen LogP contribution in [0.3, 0.4) is 0 Å². The van der Waals surface area contributed by atoms with Gasteiger partial charge in [0, 0.05) is 36.8 Å². The van der Waals surface area contributed by atoms with Gasteiger partial charge in [0.05, 0.1) is 13.0 Å². The Morgan fingerprint density at radius 2 is 1.86 bits per heavy atom. The first kappa shape index (κ1) is 20.5. The molecule has 6 nitrogen and oxygen atoms in total. The highest BCUT2D eigenvalue weighted by Crippen LogP contribution is 2.24. The first-order valence-corrected chi connectivity index (χ1v) is 9.46. The Labute approximate surface area is 168 Å². The van der Waals surface area contributed by atoms with Crippen LogP contribution in [-0.2, 0) is 22.5 Å². The molecule has 7 heteroatoms. The zero-order valence-corrected chi connectivity index (χ0v) is 16.5. The molecule has 152 valence electrons. The summed E-state index contributed by atoms with van der Waals surface area (Å²) < 4.78 is 19.9. The Morgan fingerprint density at radius 1 is 1.10 bits per heavy atom. The summed E-state index contributed by atoms with van der Waals surface area (Å²) in [6.45, 7) is 3.50. The van der Waals surface area contributed by atoms with E-state index in [4.69, 9.17) is 4.74 Å². The molecule has 0 aliphatic rings. The van der Waals surface area contributed by atoms with Crippen molar-refractivity contribution in [1.82, 2.24) is 9.88 Å². The van der Waals surface area contributed by atoms with E-state index in [-0.39, 0.29) is 24.1 Å². The number of nitrogens with one attached hydrogen (secondary N) is 2. The average molecular weight is 397 g/mol. The smallest absolute Gasteiger partial charge is 0.268 e. The van der Waals surface area contributed by atoms with Crippen LogP contribution in [0.2, 0.25) is 0 Å². The zero-order chi connectivity index (χ0) is 20.8. The van der Waals surface area contributed by atoms with Crippen LogP contribution in [0.1, 0.15) is 23.0 Å². The van der Waals surface area contributed by atoms with Crippen LogP contribution in [0.5, 0.6) is 0 Å². The van der Waals surface area contributed by atoms with Crippen LogP contribution in [0.25, 0.3) is 10.9 Å². The van der Waals surface area contributed by atoms with E-state index in [2.05, 4.69) is 10.6 Å². The molecule has 2 aromatic carbocycles. The summed E-state index contributed by atoms with van der Waals surface area (Å²) in [7, 11) is 1.58. The number of methoxy groups -OCH3 is 1. The number of aromatic nitrogens is 1. The van der Waals surface area contributed by atoms with Gasteiger partial charge < -0.3 is 19.9 Å². The van der Waals surface area contributed by atoms with Crippen molar-refractivity contribution in [2.24, 2.45) is 0 Å². The number of hydrogen-bond donors (Lipinski definition) is 2. The van der Waals surface area contributed by atoms with Crippen molar-refractivity contribution in [1.29, 1.82) is 0 Å². The van der Waals surface area contributed by atoms with Gasteiger partial charge in [-0.25, -0.2) is 4.39 Å². The molecule has 0 radical (unpaired) electrons. The summed E-state index contributed by atoms with van der Waals surface area (Å²) in [5.41, 5.74) is 2.86. The number of fused-ring (bicyclic) bond motifs is 1. The molecule has 29 heavy (non-hydrogen) atoms. The molecule has 0 saturated heterocycles. The largest absolute Gasteiger partial charge is 0.383 e. The number of hydrogen-bond acceptors (Lipinski definition) is 3. The first-order chi connectivity index (χ1) is 14.0. The number of ether oxygens (including phenoxy) is 1. The molecule has 3 aromatic rings. The van der Waals surface area contributed by atoms with E-state index in [0.717, 1.165) is 16.5 Å².